The van der Waals surface area contributed by atoms with Gasteiger partial charge in [0.2, 0.25) is 0 Å². The van der Waals surface area contributed by atoms with Gasteiger partial charge in [-0.15, -0.1) is 0 Å². The molecule has 0 aromatic heterocycles. The highest BCUT2D eigenvalue weighted by molar-refractivity contribution is 6.33. The maximum Gasteiger partial charge on any atom is 0.340 e. The number of carbonyl (C=O) groups excluding carboxylic acids is 2. The Morgan fingerprint density at radius 3 is 2.42 bits per heavy atom. The van der Waals surface area contributed by atoms with Gasteiger partial charge in [-0.25, -0.2) is 13.6 Å². The first-order chi connectivity index (χ1) is 12.4. The zero-order chi connectivity index (χ0) is 19.1. The van der Waals surface area contributed by atoms with E-state index in [-0.39, 0.29) is 10.6 Å². The Balaban J connectivity index is 1.77. The lowest BCUT2D eigenvalue weighted by Crippen LogP contribution is -2.30. The van der Waals surface area contributed by atoms with Crippen LogP contribution in [0.15, 0.2) is 36.4 Å². The second-order valence-electron chi connectivity index (χ2n) is 5.27. The minimum atomic E-state index is -1.23. The zero-order valence-corrected chi connectivity index (χ0v) is 14.6. The third-order valence-corrected chi connectivity index (χ3v) is 3.77. The molecule has 0 aliphatic rings. The van der Waals surface area contributed by atoms with Crippen LogP contribution in [-0.4, -0.2) is 32.1 Å². The van der Waals surface area contributed by atoms with Gasteiger partial charge in [-0.05, 0) is 36.2 Å². The molecule has 0 aliphatic carbocycles. The van der Waals surface area contributed by atoms with Crippen LogP contribution in [0.4, 0.5) is 8.78 Å². The summed E-state index contributed by atoms with van der Waals surface area (Å²) in [6.07, 6.45) is 0.582. The number of hydrogen-bond acceptors (Lipinski definition) is 4. The lowest BCUT2D eigenvalue weighted by molar-refractivity contribution is -0.124. The molecule has 8 heteroatoms. The standard InChI is InChI=1S/C18H16ClF2NO4/c1-25-12-4-2-11(3-5-12)6-7-22-17(23)10-26-18(24)13-8-15(20)16(21)9-14(13)19/h2-5,8-9H,6-7,10H2,1H3,(H,22,23). The first-order valence-corrected chi connectivity index (χ1v) is 8.00. The molecule has 0 atom stereocenters. The van der Waals surface area contributed by atoms with E-state index < -0.39 is 30.1 Å². The number of ether oxygens (including phenoxy) is 2. The molecule has 2 aromatic rings. The van der Waals surface area contributed by atoms with E-state index in [2.05, 4.69) is 5.32 Å². The molecular weight excluding hydrogens is 368 g/mol. The fourth-order valence-electron chi connectivity index (χ4n) is 2.08. The lowest BCUT2D eigenvalue weighted by atomic mass is 10.1. The molecule has 0 spiro atoms. The van der Waals surface area contributed by atoms with Gasteiger partial charge >= 0.3 is 5.97 Å². The third kappa shape index (κ3) is 5.42. The van der Waals surface area contributed by atoms with Gasteiger partial charge in [-0.1, -0.05) is 23.7 Å². The molecule has 5 nitrogen and oxygen atoms in total. The molecule has 0 unspecified atom stereocenters. The van der Waals surface area contributed by atoms with E-state index >= 15 is 0 Å². The molecule has 0 aliphatic heterocycles. The van der Waals surface area contributed by atoms with E-state index in [0.29, 0.717) is 25.1 Å². The molecule has 0 saturated carbocycles. The second kappa shape index (κ2) is 9.15. The Morgan fingerprint density at radius 2 is 1.77 bits per heavy atom. The number of methoxy groups -OCH3 is 1. The highest BCUT2D eigenvalue weighted by Gasteiger charge is 2.17. The summed E-state index contributed by atoms with van der Waals surface area (Å²) >= 11 is 5.67. The average molecular weight is 384 g/mol. The van der Waals surface area contributed by atoms with Crippen LogP contribution >= 0.6 is 11.6 Å². The first-order valence-electron chi connectivity index (χ1n) is 7.62. The van der Waals surface area contributed by atoms with Crippen molar-refractivity contribution in [1.29, 1.82) is 0 Å². The molecule has 2 aromatic carbocycles. The normalized spacial score (nSPS) is 10.3. The van der Waals surface area contributed by atoms with Crippen LogP contribution in [0.2, 0.25) is 5.02 Å². The van der Waals surface area contributed by atoms with Crippen molar-refractivity contribution in [2.24, 2.45) is 0 Å². The summed E-state index contributed by atoms with van der Waals surface area (Å²) in [5.74, 6) is -3.21. The molecule has 0 radical (unpaired) electrons. The average Bonchev–Trinajstić information content (AvgIpc) is 2.63. The number of hydrogen-bond donors (Lipinski definition) is 1. The monoisotopic (exact) mass is 383 g/mol. The Hall–Kier alpha value is -2.67. The van der Waals surface area contributed by atoms with E-state index in [4.69, 9.17) is 21.1 Å². The topological polar surface area (TPSA) is 64.6 Å². The molecule has 1 amide bonds. The summed E-state index contributed by atoms with van der Waals surface area (Å²) in [4.78, 5) is 23.5. The fraction of sp³-hybridized carbons (Fsp3) is 0.222. The number of halogens is 3. The molecule has 0 bridgehead atoms. The Labute approximate surface area is 153 Å². The number of benzene rings is 2. The predicted molar refractivity (Wildman–Crippen MR) is 91.4 cm³/mol. The highest BCUT2D eigenvalue weighted by atomic mass is 35.5. The quantitative estimate of drug-likeness (QED) is 0.589. The van der Waals surface area contributed by atoms with Gasteiger partial charge in [0.15, 0.2) is 18.2 Å². The summed E-state index contributed by atoms with van der Waals surface area (Å²) in [7, 11) is 1.57. The minimum absolute atomic E-state index is 0.297. The highest BCUT2D eigenvalue weighted by Crippen LogP contribution is 2.20. The summed E-state index contributed by atoms with van der Waals surface area (Å²) in [6.45, 7) is -0.217. The van der Waals surface area contributed by atoms with Crippen LogP contribution in [0.1, 0.15) is 15.9 Å². The van der Waals surface area contributed by atoms with Gasteiger partial charge in [-0.2, -0.15) is 0 Å². The predicted octanol–water partition coefficient (Wildman–Crippen LogP) is 3.14. The number of esters is 1. The molecule has 0 saturated heterocycles. The smallest absolute Gasteiger partial charge is 0.340 e. The lowest BCUT2D eigenvalue weighted by Gasteiger charge is -2.08. The van der Waals surface area contributed by atoms with Crippen LogP contribution in [0.25, 0.3) is 0 Å². The van der Waals surface area contributed by atoms with Gasteiger partial charge in [0.1, 0.15) is 5.75 Å². The molecule has 0 fully saturated rings. The molecule has 138 valence electrons. The third-order valence-electron chi connectivity index (χ3n) is 3.46. The van der Waals surface area contributed by atoms with Crippen LogP contribution in [0.3, 0.4) is 0 Å². The molecule has 26 heavy (non-hydrogen) atoms. The maximum absolute atomic E-state index is 13.2. The number of nitrogens with one attached hydrogen (secondary N) is 1. The van der Waals surface area contributed by atoms with Gasteiger partial charge in [0, 0.05) is 6.54 Å². The van der Waals surface area contributed by atoms with Crippen molar-refractivity contribution in [3.05, 3.63) is 64.2 Å². The van der Waals surface area contributed by atoms with Crippen molar-refractivity contribution in [1.82, 2.24) is 5.32 Å². The van der Waals surface area contributed by atoms with Crippen molar-refractivity contribution in [2.45, 2.75) is 6.42 Å². The second-order valence-corrected chi connectivity index (χ2v) is 5.68. The van der Waals surface area contributed by atoms with Gasteiger partial charge in [-0.3, -0.25) is 4.79 Å². The molecule has 1 N–H and O–H groups in total. The van der Waals surface area contributed by atoms with Gasteiger partial charge in [0.05, 0.1) is 17.7 Å². The Bertz CT molecular complexity index is 797. The van der Waals surface area contributed by atoms with Crippen LogP contribution < -0.4 is 10.1 Å². The van der Waals surface area contributed by atoms with E-state index in [1.165, 1.54) is 0 Å². The van der Waals surface area contributed by atoms with Crippen molar-refractivity contribution in [3.63, 3.8) is 0 Å². The minimum Gasteiger partial charge on any atom is -0.497 e. The van der Waals surface area contributed by atoms with Crippen molar-refractivity contribution in [3.8, 4) is 5.75 Å². The largest absolute Gasteiger partial charge is 0.497 e. The number of rotatable bonds is 7. The summed E-state index contributed by atoms with van der Waals surface area (Å²) in [5, 5.41) is 2.29. The molecule has 2 rings (SSSR count). The number of carbonyl (C=O) groups is 2. The summed E-state index contributed by atoms with van der Waals surface area (Å²) in [5.41, 5.74) is 0.647. The Kier molecular flexibility index (Phi) is 6.91. The maximum atomic E-state index is 13.2. The van der Waals surface area contributed by atoms with E-state index in [1.807, 2.05) is 24.3 Å². The summed E-state index contributed by atoms with van der Waals surface area (Å²) < 4.78 is 36.0. The Morgan fingerprint density at radius 1 is 1.12 bits per heavy atom. The fourth-order valence-corrected chi connectivity index (χ4v) is 2.30. The van der Waals surface area contributed by atoms with Crippen LogP contribution in [0.5, 0.6) is 5.75 Å². The van der Waals surface area contributed by atoms with E-state index in [0.717, 1.165) is 11.3 Å². The van der Waals surface area contributed by atoms with Crippen LogP contribution in [-0.2, 0) is 16.0 Å². The van der Waals surface area contributed by atoms with Gasteiger partial charge in [0.25, 0.3) is 5.91 Å². The molecule has 0 heterocycles. The molecular formula is C18H16ClF2NO4. The first kappa shape index (κ1) is 19.7. The summed E-state index contributed by atoms with van der Waals surface area (Å²) in [6, 6.07) is 8.66. The number of amides is 1. The van der Waals surface area contributed by atoms with Crippen molar-refractivity contribution in [2.75, 3.05) is 20.3 Å². The zero-order valence-electron chi connectivity index (χ0n) is 13.9. The van der Waals surface area contributed by atoms with E-state index in [1.54, 1.807) is 7.11 Å². The SMILES string of the molecule is COc1ccc(CCNC(=O)COC(=O)c2cc(F)c(F)cc2Cl)cc1. The van der Waals surface area contributed by atoms with Gasteiger partial charge < -0.3 is 14.8 Å². The van der Waals surface area contributed by atoms with Crippen LogP contribution in [0, 0.1) is 11.6 Å². The van der Waals surface area contributed by atoms with Crippen molar-refractivity contribution >= 4 is 23.5 Å². The van der Waals surface area contributed by atoms with Crippen molar-refractivity contribution < 1.29 is 27.8 Å². The van der Waals surface area contributed by atoms with E-state index in [9.17, 15) is 18.4 Å².